The van der Waals surface area contributed by atoms with Crippen LogP contribution in [0.4, 0.5) is 0 Å². The first kappa shape index (κ1) is 27.2. The van der Waals surface area contributed by atoms with Crippen molar-refractivity contribution in [3.05, 3.63) is 170 Å². The predicted molar refractivity (Wildman–Crippen MR) is 217 cm³/mol. The molecule has 11 aromatic rings. The van der Waals surface area contributed by atoms with Crippen LogP contribution in [0.15, 0.2) is 174 Å². The van der Waals surface area contributed by atoms with Gasteiger partial charge >= 0.3 is 0 Å². The van der Waals surface area contributed by atoms with Gasteiger partial charge in [0.1, 0.15) is 11.2 Å². The summed E-state index contributed by atoms with van der Waals surface area (Å²) in [5, 5.41) is 15.0. The molecule has 10 aromatic carbocycles. The smallest absolute Gasteiger partial charge is 0.136 e. The van der Waals surface area contributed by atoms with Gasteiger partial charge in [0, 0.05) is 10.8 Å². The summed E-state index contributed by atoms with van der Waals surface area (Å²) in [6.45, 7) is 0. The fraction of sp³-hybridized carbons (Fsp3) is 0. The summed E-state index contributed by atoms with van der Waals surface area (Å²) >= 11 is 0. The minimum Gasteiger partial charge on any atom is -0.456 e. The highest BCUT2D eigenvalue weighted by atomic mass is 16.3. The van der Waals surface area contributed by atoms with E-state index in [1.54, 1.807) is 0 Å². The van der Waals surface area contributed by atoms with Crippen LogP contribution in [-0.4, -0.2) is 0 Å². The van der Waals surface area contributed by atoms with Crippen LogP contribution in [0.1, 0.15) is 0 Å². The average molecular weight is 645 g/mol. The van der Waals surface area contributed by atoms with Gasteiger partial charge < -0.3 is 4.42 Å². The molecule has 1 heterocycles. The van der Waals surface area contributed by atoms with E-state index in [4.69, 9.17) is 4.42 Å². The largest absolute Gasteiger partial charge is 0.456 e. The first-order chi connectivity index (χ1) is 25.3. The number of furan rings is 1. The second kappa shape index (κ2) is 9.94. The molecular weight excluding hydrogens is 617 g/mol. The molecule has 0 saturated heterocycles. The van der Waals surface area contributed by atoms with Crippen LogP contribution in [0, 0.1) is 0 Å². The summed E-state index contributed by atoms with van der Waals surface area (Å²) in [4.78, 5) is 0. The number of benzene rings is 10. The zero-order chi connectivity index (χ0) is 33.2. The number of hydrogen-bond donors (Lipinski definition) is 0. The molecule has 1 nitrogen and oxygen atoms in total. The molecule has 0 unspecified atom stereocenters. The maximum atomic E-state index is 6.58. The Morgan fingerprint density at radius 2 is 0.824 bits per heavy atom. The van der Waals surface area contributed by atoms with Crippen molar-refractivity contribution in [1.29, 1.82) is 0 Å². The third kappa shape index (κ3) is 3.75. The number of rotatable bonds is 2. The van der Waals surface area contributed by atoms with Gasteiger partial charge in [-0.15, -0.1) is 0 Å². The van der Waals surface area contributed by atoms with E-state index >= 15 is 0 Å². The van der Waals surface area contributed by atoms with Crippen LogP contribution < -0.4 is 0 Å². The topological polar surface area (TPSA) is 13.1 Å². The minimum atomic E-state index is 0.912. The van der Waals surface area contributed by atoms with Gasteiger partial charge in [-0.05, 0) is 135 Å². The van der Waals surface area contributed by atoms with E-state index in [0.29, 0.717) is 0 Å². The molecule has 1 aliphatic rings. The molecule has 0 bridgehead atoms. The Morgan fingerprint density at radius 1 is 0.255 bits per heavy atom. The van der Waals surface area contributed by atoms with E-state index in [1.165, 1.54) is 98.4 Å². The minimum absolute atomic E-state index is 0.912. The van der Waals surface area contributed by atoms with Gasteiger partial charge in [-0.1, -0.05) is 133 Å². The highest BCUT2D eigenvalue weighted by Crippen LogP contribution is 2.50. The molecule has 0 aliphatic heterocycles. The average Bonchev–Trinajstić information content (AvgIpc) is 3.72. The molecule has 234 valence electrons. The van der Waals surface area contributed by atoms with E-state index < -0.39 is 0 Å². The van der Waals surface area contributed by atoms with Crippen molar-refractivity contribution in [2.24, 2.45) is 0 Å². The highest BCUT2D eigenvalue weighted by molar-refractivity contribution is 6.29. The molecule has 0 atom stereocenters. The lowest BCUT2D eigenvalue weighted by atomic mass is 9.89. The molecule has 0 radical (unpaired) electrons. The fourth-order valence-corrected chi connectivity index (χ4v) is 9.00. The molecule has 1 aliphatic carbocycles. The zero-order valence-corrected chi connectivity index (χ0v) is 27.6. The summed E-state index contributed by atoms with van der Waals surface area (Å²) in [5.41, 5.74) is 12.0. The van der Waals surface area contributed by atoms with Crippen LogP contribution in [-0.2, 0) is 0 Å². The van der Waals surface area contributed by atoms with Gasteiger partial charge in [-0.25, -0.2) is 0 Å². The van der Waals surface area contributed by atoms with E-state index in [9.17, 15) is 0 Å². The molecule has 1 heteroatoms. The molecule has 1 aromatic heterocycles. The van der Waals surface area contributed by atoms with E-state index in [0.717, 1.165) is 21.9 Å². The fourth-order valence-electron chi connectivity index (χ4n) is 9.00. The van der Waals surface area contributed by atoms with Crippen LogP contribution in [0.3, 0.4) is 0 Å². The maximum absolute atomic E-state index is 6.58. The summed E-state index contributed by atoms with van der Waals surface area (Å²) in [6, 6.07) is 62.6. The maximum Gasteiger partial charge on any atom is 0.136 e. The monoisotopic (exact) mass is 644 g/mol. The van der Waals surface area contributed by atoms with Crippen molar-refractivity contribution in [2.45, 2.75) is 0 Å². The zero-order valence-electron chi connectivity index (χ0n) is 27.6. The highest BCUT2D eigenvalue weighted by Gasteiger charge is 2.22. The van der Waals surface area contributed by atoms with Crippen molar-refractivity contribution < 1.29 is 4.42 Å². The van der Waals surface area contributed by atoms with Crippen LogP contribution in [0.25, 0.3) is 120 Å². The molecule has 0 fully saturated rings. The van der Waals surface area contributed by atoms with Crippen LogP contribution in [0.2, 0.25) is 0 Å². The van der Waals surface area contributed by atoms with Crippen molar-refractivity contribution in [2.75, 3.05) is 0 Å². The van der Waals surface area contributed by atoms with Crippen LogP contribution >= 0.6 is 0 Å². The number of hydrogen-bond acceptors (Lipinski definition) is 1. The van der Waals surface area contributed by atoms with Crippen molar-refractivity contribution >= 4 is 75.8 Å². The summed E-state index contributed by atoms with van der Waals surface area (Å²) in [7, 11) is 0. The first-order valence-corrected chi connectivity index (χ1v) is 17.7. The van der Waals surface area contributed by atoms with Gasteiger partial charge in [-0.3, -0.25) is 0 Å². The Morgan fingerprint density at radius 3 is 1.69 bits per heavy atom. The Kier molecular flexibility index (Phi) is 5.29. The van der Waals surface area contributed by atoms with Crippen molar-refractivity contribution in [1.82, 2.24) is 0 Å². The predicted octanol–water partition coefficient (Wildman–Crippen LogP) is 14.3. The van der Waals surface area contributed by atoms with Gasteiger partial charge in [0.15, 0.2) is 0 Å². The third-order valence-electron chi connectivity index (χ3n) is 11.4. The van der Waals surface area contributed by atoms with E-state index in [2.05, 4.69) is 170 Å². The summed E-state index contributed by atoms with van der Waals surface area (Å²) < 4.78 is 6.58. The molecule has 0 saturated carbocycles. The van der Waals surface area contributed by atoms with Gasteiger partial charge in [0.2, 0.25) is 0 Å². The lowest BCUT2D eigenvalue weighted by molar-refractivity contribution is 0.669. The Labute approximate surface area is 293 Å². The van der Waals surface area contributed by atoms with E-state index in [-0.39, 0.29) is 0 Å². The second-order valence-corrected chi connectivity index (χ2v) is 14.0. The van der Waals surface area contributed by atoms with Crippen molar-refractivity contribution in [3.63, 3.8) is 0 Å². The Hall–Kier alpha value is -6.70. The van der Waals surface area contributed by atoms with E-state index in [1.807, 2.05) is 0 Å². The summed E-state index contributed by atoms with van der Waals surface area (Å²) in [5.74, 6) is 0. The molecule has 51 heavy (non-hydrogen) atoms. The van der Waals surface area contributed by atoms with Gasteiger partial charge in [0.25, 0.3) is 0 Å². The lowest BCUT2D eigenvalue weighted by Gasteiger charge is -2.14. The first-order valence-electron chi connectivity index (χ1n) is 17.7. The second-order valence-electron chi connectivity index (χ2n) is 14.0. The van der Waals surface area contributed by atoms with Gasteiger partial charge in [0.05, 0.1) is 0 Å². The standard InChI is InChI=1S/C50H28O/c1-2-9-30-24-31(17-16-29(30)8-1)32-19-23-48-46(25-32)47-27-44-38-13-6-5-12-37(38)43-26-33(18-20-39(43)45(44)28-49(47)51-48)34-21-22-42-36-11-4-3-10-35(36)41-15-7-14-40(34)50(41)42/h1-28H. The van der Waals surface area contributed by atoms with Crippen molar-refractivity contribution in [3.8, 4) is 44.5 Å². The molecule has 0 spiro atoms. The quantitative estimate of drug-likeness (QED) is 0.171. The summed E-state index contributed by atoms with van der Waals surface area (Å²) in [6.07, 6.45) is 0. The Bertz CT molecular complexity index is 3280. The molecule has 0 N–H and O–H groups in total. The molecular formula is C50H28O. The van der Waals surface area contributed by atoms with Gasteiger partial charge in [-0.2, -0.15) is 0 Å². The Balaban J connectivity index is 1.07. The molecule has 12 rings (SSSR count). The number of fused-ring (bicyclic) bond motifs is 13. The normalized spacial score (nSPS) is 12.3. The SMILES string of the molecule is c1ccc2c(c1)-c1cccc3c(-c4ccc5c(c4)c4ccccc4c4cc6c(cc54)oc4ccc(-c5ccc7ccccc7c5)cc46)ccc-2c13. The lowest BCUT2D eigenvalue weighted by Crippen LogP contribution is -1.87. The van der Waals surface area contributed by atoms with Crippen LogP contribution in [0.5, 0.6) is 0 Å². The molecule has 0 amide bonds. The third-order valence-corrected chi connectivity index (χ3v) is 11.4.